The van der Waals surface area contributed by atoms with Crippen molar-refractivity contribution >= 4 is 0 Å². The lowest BCUT2D eigenvalue weighted by atomic mass is 10.0. The highest BCUT2D eigenvalue weighted by Gasteiger charge is 2.63. The summed E-state index contributed by atoms with van der Waals surface area (Å²) in [5.41, 5.74) is 2.36. The molecule has 0 aliphatic heterocycles. The molecular weight excluding hydrogens is 208 g/mol. The lowest BCUT2D eigenvalue weighted by Crippen LogP contribution is -2.22. The first kappa shape index (κ1) is 12.6. The predicted octanol–water partition coefficient (Wildman–Crippen LogP) is 2.90. The Labute approximate surface area is 105 Å². The number of nitrogens with zero attached hydrogens (tertiary/aromatic N) is 1. The van der Waals surface area contributed by atoms with Crippen molar-refractivity contribution in [3.05, 3.63) is 30.1 Å². The molecular formula is C15H24N2. The molecule has 0 radical (unpaired) electrons. The molecule has 1 saturated carbocycles. The minimum Gasteiger partial charge on any atom is -0.316 e. The molecule has 17 heavy (non-hydrogen) atoms. The van der Waals surface area contributed by atoms with E-state index in [9.17, 15) is 0 Å². The zero-order valence-electron chi connectivity index (χ0n) is 11.5. The summed E-state index contributed by atoms with van der Waals surface area (Å²) in [6, 6.07) is 4.18. The number of aromatic nitrogens is 1. The van der Waals surface area contributed by atoms with E-state index in [2.05, 4.69) is 50.1 Å². The van der Waals surface area contributed by atoms with Gasteiger partial charge in [0.05, 0.1) is 0 Å². The molecule has 1 aromatic heterocycles. The second kappa shape index (κ2) is 4.41. The van der Waals surface area contributed by atoms with Crippen molar-refractivity contribution in [3.8, 4) is 0 Å². The first-order valence-corrected chi connectivity index (χ1v) is 6.56. The van der Waals surface area contributed by atoms with Crippen LogP contribution in [0.5, 0.6) is 0 Å². The van der Waals surface area contributed by atoms with Gasteiger partial charge in [-0.2, -0.15) is 0 Å². The van der Waals surface area contributed by atoms with E-state index >= 15 is 0 Å². The molecule has 1 aromatic rings. The van der Waals surface area contributed by atoms with Crippen molar-refractivity contribution < 1.29 is 0 Å². The predicted molar refractivity (Wildman–Crippen MR) is 71.9 cm³/mol. The molecule has 0 amide bonds. The van der Waals surface area contributed by atoms with E-state index in [1.807, 2.05) is 12.4 Å². The second-order valence-corrected chi connectivity index (χ2v) is 6.31. The lowest BCUT2D eigenvalue weighted by Gasteiger charge is -2.06. The summed E-state index contributed by atoms with van der Waals surface area (Å²) >= 11 is 0. The Morgan fingerprint density at radius 1 is 1.12 bits per heavy atom. The first-order chi connectivity index (χ1) is 7.96. The van der Waals surface area contributed by atoms with Crippen molar-refractivity contribution in [2.24, 2.45) is 16.7 Å². The van der Waals surface area contributed by atoms with Crippen LogP contribution in [-0.2, 0) is 6.42 Å². The molecule has 2 heteroatoms. The summed E-state index contributed by atoms with van der Waals surface area (Å²) < 4.78 is 0. The zero-order valence-corrected chi connectivity index (χ0v) is 11.5. The molecule has 1 aliphatic carbocycles. The van der Waals surface area contributed by atoms with E-state index in [1.165, 1.54) is 5.56 Å². The van der Waals surface area contributed by atoms with Crippen LogP contribution in [0.2, 0.25) is 0 Å². The van der Waals surface area contributed by atoms with Gasteiger partial charge >= 0.3 is 0 Å². The maximum atomic E-state index is 4.03. The highest BCUT2D eigenvalue weighted by atomic mass is 14.9. The Hall–Kier alpha value is -0.890. The summed E-state index contributed by atoms with van der Waals surface area (Å²) in [4.78, 5) is 4.03. The fourth-order valence-corrected chi connectivity index (χ4v) is 2.87. The standard InChI is InChI=1S/C15H24N2/c1-14(2)13(15(14,3)4)11-17-10-7-12-5-8-16-9-6-12/h5-6,8-9,13,17H,7,10-11H2,1-4H3. The Balaban J connectivity index is 1.69. The summed E-state index contributed by atoms with van der Waals surface area (Å²) in [5, 5.41) is 3.59. The summed E-state index contributed by atoms with van der Waals surface area (Å²) in [5.74, 6) is 0.812. The average molecular weight is 232 g/mol. The molecule has 1 aliphatic rings. The number of nitrogens with one attached hydrogen (secondary N) is 1. The maximum absolute atomic E-state index is 4.03. The zero-order chi connectivity index (χ0) is 12.5. The van der Waals surface area contributed by atoms with Crippen molar-refractivity contribution in [1.82, 2.24) is 10.3 Å². The van der Waals surface area contributed by atoms with Gasteiger partial charge in [-0.15, -0.1) is 0 Å². The molecule has 0 spiro atoms. The molecule has 2 nitrogen and oxygen atoms in total. The van der Waals surface area contributed by atoms with Gasteiger partial charge in [-0.1, -0.05) is 27.7 Å². The highest BCUT2D eigenvalue weighted by molar-refractivity contribution is 5.13. The van der Waals surface area contributed by atoms with E-state index < -0.39 is 0 Å². The van der Waals surface area contributed by atoms with E-state index in [4.69, 9.17) is 0 Å². The van der Waals surface area contributed by atoms with Crippen LogP contribution >= 0.6 is 0 Å². The average Bonchev–Trinajstić information content (AvgIpc) is 2.67. The molecule has 0 atom stereocenters. The van der Waals surface area contributed by atoms with E-state index in [0.29, 0.717) is 10.8 Å². The van der Waals surface area contributed by atoms with Gasteiger partial charge in [-0.3, -0.25) is 4.98 Å². The van der Waals surface area contributed by atoms with Gasteiger partial charge in [0, 0.05) is 12.4 Å². The van der Waals surface area contributed by atoms with Crippen LogP contribution in [-0.4, -0.2) is 18.1 Å². The minimum absolute atomic E-state index is 0.497. The molecule has 0 unspecified atom stereocenters. The minimum atomic E-state index is 0.497. The third-order valence-electron chi connectivity index (χ3n) is 5.01. The molecule has 0 bridgehead atoms. The fraction of sp³-hybridized carbons (Fsp3) is 0.667. The van der Waals surface area contributed by atoms with Crippen LogP contribution in [0.15, 0.2) is 24.5 Å². The van der Waals surface area contributed by atoms with Crippen LogP contribution in [0, 0.1) is 16.7 Å². The van der Waals surface area contributed by atoms with Gasteiger partial charge in [0.1, 0.15) is 0 Å². The number of rotatable bonds is 5. The Bertz CT molecular complexity index is 354. The monoisotopic (exact) mass is 232 g/mol. The van der Waals surface area contributed by atoms with Gasteiger partial charge in [0.2, 0.25) is 0 Å². The Morgan fingerprint density at radius 3 is 2.24 bits per heavy atom. The molecule has 1 fully saturated rings. The van der Waals surface area contributed by atoms with Gasteiger partial charge < -0.3 is 5.32 Å². The van der Waals surface area contributed by atoms with Crippen molar-refractivity contribution in [3.63, 3.8) is 0 Å². The quantitative estimate of drug-likeness (QED) is 0.790. The Morgan fingerprint density at radius 2 is 1.71 bits per heavy atom. The van der Waals surface area contributed by atoms with Gasteiger partial charge in [0.25, 0.3) is 0 Å². The number of hydrogen-bond acceptors (Lipinski definition) is 2. The molecule has 94 valence electrons. The van der Waals surface area contributed by atoms with Gasteiger partial charge in [0.15, 0.2) is 0 Å². The summed E-state index contributed by atoms with van der Waals surface area (Å²) in [7, 11) is 0. The molecule has 2 rings (SSSR count). The molecule has 0 saturated heterocycles. The number of pyridine rings is 1. The SMILES string of the molecule is CC1(C)C(CNCCc2ccncc2)C1(C)C. The third kappa shape index (κ3) is 2.37. The van der Waals surface area contributed by atoms with E-state index in [0.717, 1.165) is 25.4 Å². The largest absolute Gasteiger partial charge is 0.316 e. The van der Waals surface area contributed by atoms with Crippen LogP contribution < -0.4 is 5.32 Å². The van der Waals surface area contributed by atoms with E-state index in [-0.39, 0.29) is 0 Å². The van der Waals surface area contributed by atoms with Crippen LogP contribution in [0.3, 0.4) is 0 Å². The number of hydrogen-bond donors (Lipinski definition) is 1. The highest BCUT2D eigenvalue weighted by Crippen LogP contribution is 2.67. The molecule has 0 aromatic carbocycles. The van der Waals surface area contributed by atoms with Gasteiger partial charge in [-0.05, 0) is 54.0 Å². The van der Waals surface area contributed by atoms with Gasteiger partial charge in [-0.25, -0.2) is 0 Å². The van der Waals surface area contributed by atoms with Crippen molar-refractivity contribution in [2.75, 3.05) is 13.1 Å². The van der Waals surface area contributed by atoms with Crippen LogP contribution in [0.1, 0.15) is 33.3 Å². The third-order valence-corrected chi connectivity index (χ3v) is 5.01. The van der Waals surface area contributed by atoms with Crippen molar-refractivity contribution in [2.45, 2.75) is 34.1 Å². The van der Waals surface area contributed by atoms with Crippen molar-refractivity contribution in [1.29, 1.82) is 0 Å². The smallest absolute Gasteiger partial charge is 0.0270 e. The first-order valence-electron chi connectivity index (χ1n) is 6.56. The fourth-order valence-electron chi connectivity index (χ4n) is 2.87. The topological polar surface area (TPSA) is 24.9 Å². The maximum Gasteiger partial charge on any atom is 0.0270 e. The molecule has 1 heterocycles. The summed E-state index contributed by atoms with van der Waals surface area (Å²) in [6.07, 6.45) is 4.82. The molecule has 1 N–H and O–H groups in total. The second-order valence-electron chi connectivity index (χ2n) is 6.31. The Kier molecular flexibility index (Phi) is 3.26. The van der Waals surface area contributed by atoms with E-state index in [1.54, 1.807) is 0 Å². The summed E-state index contributed by atoms with van der Waals surface area (Å²) in [6.45, 7) is 11.7. The normalized spacial score (nSPS) is 21.4. The van der Waals surface area contributed by atoms with Crippen LogP contribution in [0.25, 0.3) is 0 Å². The lowest BCUT2D eigenvalue weighted by molar-refractivity contribution is 0.457. The van der Waals surface area contributed by atoms with Crippen LogP contribution in [0.4, 0.5) is 0 Å².